The number of alkyl halides is 1. The van der Waals surface area contributed by atoms with Crippen molar-refractivity contribution in [3.8, 4) is 6.07 Å². The molecule has 0 aromatic rings. The van der Waals surface area contributed by atoms with Crippen LogP contribution in [0.1, 0.15) is 6.92 Å². The number of nitrogens with zero attached hydrogens (tertiary/aromatic N) is 1. The van der Waals surface area contributed by atoms with Crippen molar-refractivity contribution in [2.75, 3.05) is 0 Å². The quantitative estimate of drug-likeness (QED) is 0.406. The van der Waals surface area contributed by atoms with E-state index in [0.717, 1.165) is 0 Å². The van der Waals surface area contributed by atoms with Crippen LogP contribution >= 0.6 is 15.9 Å². The largest absolute Gasteiger partial charge is 0.367 e. The van der Waals surface area contributed by atoms with Crippen molar-refractivity contribution in [3.63, 3.8) is 0 Å². The summed E-state index contributed by atoms with van der Waals surface area (Å²) in [6.07, 6.45) is 0. The zero-order valence-electron chi connectivity index (χ0n) is 3.27. The smallest absolute Gasteiger partial charge is 0.204 e. The third-order valence-corrected chi connectivity index (χ3v) is 0.381. The minimum atomic E-state index is -1.34. The summed E-state index contributed by atoms with van der Waals surface area (Å²) < 4.78 is -1.34. The van der Waals surface area contributed by atoms with Gasteiger partial charge < -0.3 is 5.11 Å². The third-order valence-electron chi connectivity index (χ3n) is 0.204. The second kappa shape index (κ2) is 1.59. The van der Waals surface area contributed by atoms with Crippen molar-refractivity contribution < 1.29 is 5.11 Å². The van der Waals surface area contributed by atoms with Gasteiger partial charge in [0.2, 0.25) is 4.51 Å². The Labute approximate surface area is 44.5 Å². The molecule has 2 nitrogen and oxygen atoms in total. The van der Waals surface area contributed by atoms with Crippen LogP contribution in [0.2, 0.25) is 0 Å². The lowest BCUT2D eigenvalue weighted by molar-refractivity contribution is 0.224. The molecule has 34 valence electrons. The Kier molecular flexibility index (Phi) is 1.57. The molecule has 0 bridgehead atoms. The summed E-state index contributed by atoms with van der Waals surface area (Å²) in [5, 5.41) is 16.2. The summed E-state index contributed by atoms with van der Waals surface area (Å²) in [5.74, 6) is 0. The highest BCUT2D eigenvalue weighted by Gasteiger charge is 2.10. The van der Waals surface area contributed by atoms with Gasteiger partial charge in [-0.1, -0.05) is 0 Å². The molecule has 0 aliphatic carbocycles. The average Bonchev–Trinajstić information content (AvgIpc) is 1.35. The van der Waals surface area contributed by atoms with Crippen LogP contribution in [0.3, 0.4) is 0 Å². The molecular formula is C3H4BrNO. The summed E-state index contributed by atoms with van der Waals surface area (Å²) in [5.41, 5.74) is 0. The van der Waals surface area contributed by atoms with Crippen molar-refractivity contribution in [3.05, 3.63) is 0 Å². The van der Waals surface area contributed by atoms with E-state index >= 15 is 0 Å². The number of halogens is 1. The highest BCUT2D eigenvalue weighted by molar-refractivity contribution is 9.10. The standard InChI is InChI=1S/C3H4BrNO/c1-3(4,6)2-5/h6H,1H3. The lowest BCUT2D eigenvalue weighted by Gasteiger charge is -1.97. The van der Waals surface area contributed by atoms with E-state index in [9.17, 15) is 0 Å². The Morgan fingerprint density at radius 3 is 2.17 bits per heavy atom. The Morgan fingerprint density at radius 2 is 2.17 bits per heavy atom. The van der Waals surface area contributed by atoms with Crippen LogP contribution in [-0.2, 0) is 0 Å². The molecule has 0 aliphatic rings. The maximum Gasteiger partial charge on any atom is 0.204 e. The molecule has 0 aromatic heterocycles. The molecule has 6 heavy (non-hydrogen) atoms. The van der Waals surface area contributed by atoms with Crippen LogP contribution < -0.4 is 0 Å². The lowest BCUT2D eigenvalue weighted by Crippen LogP contribution is -2.08. The first-order chi connectivity index (χ1) is 2.56. The van der Waals surface area contributed by atoms with E-state index in [1.807, 2.05) is 0 Å². The molecular weight excluding hydrogens is 146 g/mol. The summed E-state index contributed by atoms with van der Waals surface area (Å²) in [6, 6.07) is 1.58. The van der Waals surface area contributed by atoms with Crippen LogP contribution in [0.4, 0.5) is 0 Å². The molecule has 0 amide bonds. The van der Waals surface area contributed by atoms with Gasteiger partial charge >= 0.3 is 0 Å². The van der Waals surface area contributed by atoms with Gasteiger partial charge in [0.25, 0.3) is 0 Å². The predicted molar refractivity (Wildman–Crippen MR) is 25.2 cm³/mol. The number of hydrogen-bond donors (Lipinski definition) is 1. The average molecular weight is 150 g/mol. The fourth-order valence-electron chi connectivity index (χ4n) is 0. The van der Waals surface area contributed by atoms with E-state index < -0.39 is 4.51 Å². The molecule has 0 heterocycles. The van der Waals surface area contributed by atoms with Crippen LogP contribution in [0.15, 0.2) is 0 Å². The zero-order valence-corrected chi connectivity index (χ0v) is 4.86. The molecule has 1 unspecified atom stereocenters. The summed E-state index contributed by atoms with van der Waals surface area (Å²) in [6.45, 7) is 1.35. The van der Waals surface area contributed by atoms with E-state index in [1.165, 1.54) is 6.92 Å². The zero-order chi connectivity index (χ0) is 5.21. The van der Waals surface area contributed by atoms with Crippen molar-refractivity contribution in [2.24, 2.45) is 0 Å². The number of hydrogen-bond acceptors (Lipinski definition) is 2. The van der Waals surface area contributed by atoms with Gasteiger partial charge in [0.15, 0.2) is 0 Å². The highest BCUT2D eigenvalue weighted by atomic mass is 79.9. The normalized spacial score (nSPS) is 18.3. The molecule has 0 spiro atoms. The topological polar surface area (TPSA) is 44.0 Å². The summed E-state index contributed by atoms with van der Waals surface area (Å²) in [4.78, 5) is 0. The minimum absolute atomic E-state index is 1.34. The van der Waals surface area contributed by atoms with Crippen LogP contribution in [0.25, 0.3) is 0 Å². The lowest BCUT2D eigenvalue weighted by atomic mass is 10.5. The van der Waals surface area contributed by atoms with Gasteiger partial charge in [0, 0.05) is 0 Å². The number of rotatable bonds is 0. The fraction of sp³-hybridized carbons (Fsp3) is 0.667. The molecule has 0 fully saturated rings. The first-order valence-corrected chi connectivity index (χ1v) is 2.18. The van der Waals surface area contributed by atoms with Crippen molar-refractivity contribution >= 4 is 15.9 Å². The maximum absolute atomic E-state index is 8.38. The highest BCUT2D eigenvalue weighted by Crippen LogP contribution is 2.08. The number of aliphatic hydroxyl groups is 1. The van der Waals surface area contributed by atoms with Gasteiger partial charge in [-0.25, -0.2) is 0 Å². The van der Waals surface area contributed by atoms with Gasteiger partial charge in [-0.2, -0.15) is 5.26 Å². The minimum Gasteiger partial charge on any atom is -0.367 e. The second-order valence-corrected chi connectivity index (χ2v) is 2.61. The first kappa shape index (κ1) is 5.93. The Morgan fingerprint density at radius 1 is 2.00 bits per heavy atom. The summed E-state index contributed by atoms with van der Waals surface area (Å²) >= 11 is 2.67. The SMILES string of the molecule is CC(O)(Br)C#N. The first-order valence-electron chi connectivity index (χ1n) is 1.39. The van der Waals surface area contributed by atoms with Crippen LogP contribution in [0, 0.1) is 11.3 Å². The van der Waals surface area contributed by atoms with Crippen LogP contribution in [0.5, 0.6) is 0 Å². The monoisotopic (exact) mass is 149 g/mol. The molecule has 1 N–H and O–H groups in total. The van der Waals surface area contributed by atoms with Gasteiger partial charge in [0.1, 0.15) is 6.07 Å². The maximum atomic E-state index is 8.38. The van der Waals surface area contributed by atoms with E-state index in [2.05, 4.69) is 15.9 Å². The van der Waals surface area contributed by atoms with Crippen molar-refractivity contribution in [1.29, 1.82) is 5.26 Å². The van der Waals surface area contributed by atoms with Gasteiger partial charge in [-0.15, -0.1) is 0 Å². The molecule has 3 heteroatoms. The molecule has 0 aromatic carbocycles. The number of nitriles is 1. The Hall–Kier alpha value is -0.0700. The predicted octanol–water partition coefficient (Wildman–Crippen LogP) is 0.613. The second-order valence-electron chi connectivity index (χ2n) is 1.07. The van der Waals surface area contributed by atoms with E-state index in [4.69, 9.17) is 10.4 Å². The third kappa shape index (κ3) is 3.93. The van der Waals surface area contributed by atoms with Gasteiger partial charge in [-0.3, -0.25) is 0 Å². The van der Waals surface area contributed by atoms with E-state index in [0.29, 0.717) is 0 Å². The van der Waals surface area contributed by atoms with Crippen LogP contribution in [-0.4, -0.2) is 9.62 Å². The van der Waals surface area contributed by atoms with Crippen molar-refractivity contribution in [1.82, 2.24) is 0 Å². The van der Waals surface area contributed by atoms with E-state index in [1.54, 1.807) is 6.07 Å². The molecule has 0 radical (unpaired) electrons. The van der Waals surface area contributed by atoms with Crippen molar-refractivity contribution in [2.45, 2.75) is 11.4 Å². The molecule has 1 atom stereocenters. The molecule has 0 saturated carbocycles. The summed E-state index contributed by atoms with van der Waals surface area (Å²) in [7, 11) is 0. The molecule has 0 rings (SSSR count). The van der Waals surface area contributed by atoms with Gasteiger partial charge in [0.05, 0.1) is 0 Å². The molecule has 0 aliphatic heterocycles. The van der Waals surface area contributed by atoms with E-state index in [-0.39, 0.29) is 0 Å². The fourth-order valence-corrected chi connectivity index (χ4v) is 0. The van der Waals surface area contributed by atoms with Gasteiger partial charge in [-0.05, 0) is 22.9 Å². The molecule has 0 saturated heterocycles. The Balaban J connectivity index is 3.55. The Bertz CT molecular complexity index is 77.8.